The molecule has 1 N–H and O–H groups in total. The highest BCUT2D eigenvalue weighted by Crippen LogP contribution is 2.26. The highest BCUT2D eigenvalue weighted by Gasteiger charge is 2.28. The summed E-state index contributed by atoms with van der Waals surface area (Å²) in [6.07, 6.45) is 2.21. The van der Waals surface area contributed by atoms with Crippen molar-refractivity contribution in [2.75, 3.05) is 13.2 Å². The maximum atomic E-state index is 12.3. The van der Waals surface area contributed by atoms with Gasteiger partial charge < -0.3 is 10.0 Å². The molecule has 2 aromatic heterocycles. The maximum Gasteiger partial charge on any atom is 0.228 e. The van der Waals surface area contributed by atoms with E-state index in [1.54, 1.807) is 27.6 Å². The van der Waals surface area contributed by atoms with E-state index in [4.69, 9.17) is 0 Å². The Kier molecular flexibility index (Phi) is 4.14. The summed E-state index contributed by atoms with van der Waals surface area (Å²) in [6.45, 7) is 0.814. The summed E-state index contributed by atoms with van der Waals surface area (Å²) in [5.74, 6) is 0.0729. The summed E-state index contributed by atoms with van der Waals surface area (Å²) in [4.78, 5) is 18.6. The van der Waals surface area contributed by atoms with Crippen LogP contribution < -0.4 is 0 Å². The first kappa shape index (κ1) is 13.7. The van der Waals surface area contributed by atoms with Crippen molar-refractivity contribution in [1.29, 1.82) is 0 Å². The zero-order chi connectivity index (χ0) is 13.9. The molecular weight excluding hydrogens is 292 g/mol. The Hall–Kier alpha value is -1.24. The highest BCUT2D eigenvalue weighted by molar-refractivity contribution is 7.14. The summed E-state index contributed by atoms with van der Waals surface area (Å²) in [6, 6.07) is 2.04. The van der Waals surface area contributed by atoms with Crippen molar-refractivity contribution in [1.82, 2.24) is 9.88 Å². The van der Waals surface area contributed by atoms with Crippen LogP contribution in [0.2, 0.25) is 0 Å². The van der Waals surface area contributed by atoms with E-state index in [-0.39, 0.29) is 18.6 Å². The second-order valence-corrected chi connectivity index (χ2v) is 6.54. The minimum Gasteiger partial charge on any atom is -0.394 e. The minimum absolute atomic E-state index is 0.00233. The number of thiazole rings is 1. The first-order valence-corrected chi connectivity index (χ1v) is 8.47. The molecule has 2 aromatic rings. The molecule has 3 rings (SSSR count). The van der Waals surface area contributed by atoms with E-state index in [2.05, 4.69) is 10.4 Å². The number of amides is 1. The fourth-order valence-electron chi connectivity index (χ4n) is 2.52. The molecule has 0 spiro atoms. The third-order valence-corrected chi connectivity index (χ3v) is 5.18. The van der Waals surface area contributed by atoms with Crippen LogP contribution in [0.1, 0.15) is 18.5 Å². The SMILES string of the molecule is O=C(Cc1csc(-c2ccsc2)n1)N1CCCC1CO. The molecule has 1 amide bonds. The number of likely N-dealkylation sites (tertiary alicyclic amines) is 1. The van der Waals surface area contributed by atoms with Gasteiger partial charge in [0.15, 0.2) is 0 Å². The molecule has 20 heavy (non-hydrogen) atoms. The van der Waals surface area contributed by atoms with Gasteiger partial charge in [-0.25, -0.2) is 4.98 Å². The Labute approximate surface area is 125 Å². The molecule has 0 radical (unpaired) electrons. The van der Waals surface area contributed by atoms with Crippen LogP contribution in [0.5, 0.6) is 0 Å². The van der Waals surface area contributed by atoms with Crippen molar-refractivity contribution in [3.05, 3.63) is 27.9 Å². The number of aliphatic hydroxyl groups is 1. The summed E-state index contributed by atoms with van der Waals surface area (Å²) in [5.41, 5.74) is 1.94. The monoisotopic (exact) mass is 308 g/mol. The lowest BCUT2D eigenvalue weighted by atomic mass is 10.2. The maximum absolute atomic E-state index is 12.3. The lowest BCUT2D eigenvalue weighted by Gasteiger charge is -2.22. The molecule has 1 aliphatic rings. The van der Waals surface area contributed by atoms with E-state index in [9.17, 15) is 9.90 Å². The van der Waals surface area contributed by atoms with E-state index in [0.717, 1.165) is 35.7 Å². The number of carbonyl (C=O) groups is 1. The largest absolute Gasteiger partial charge is 0.394 e. The van der Waals surface area contributed by atoms with E-state index in [1.807, 2.05) is 16.8 Å². The predicted octanol–water partition coefficient (Wildman–Crippen LogP) is 2.40. The summed E-state index contributed by atoms with van der Waals surface area (Å²) in [7, 11) is 0. The third-order valence-electron chi connectivity index (χ3n) is 3.56. The molecule has 0 aromatic carbocycles. The van der Waals surface area contributed by atoms with Gasteiger partial charge in [-0.05, 0) is 24.3 Å². The Bertz CT molecular complexity index is 580. The molecule has 1 unspecified atom stereocenters. The van der Waals surface area contributed by atoms with Crippen molar-refractivity contribution in [3.8, 4) is 10.6 Å². The summed E-state index contributed by atoms with van der Waals surface area (Å²) in [5, 5.41) is 16.3. The van der Waals surface area contributed by atoms with Crippen molar-refractivity contribution in [2.24, 2.45) is 0 Å². The second kappa shape index (κ2) is 6.03. The Morgan fingerprint density at radius 1 is 1.50 bits per heavy atom. The van der Waals surface area contributed by atoms with Gasteiger partial charge in [-0.3, -0.25) is 4.79 Å². The van der Waals surface area contributed by atoms with Crippen LogP contribution in [0.15, 0.2) is 22.2 Å². The fraction of sp³-hybridized carbons (Fsp3) is 0.429. The molecule has 0 bridgehead atoms. The zero-order valence-corrected chi connectivity index (χ0v) is 12.6. The average molecular weight is 308 g/mol. The van der Waals surface area contributed by atoms with Gasteiger partial charge in [0, 0.05) is 22.9 Å². The van der Waals surface area contributed by atoms with Gasteiger partial charge in [-0.15, -0.1) is 11.3 Å². The molecule has 0 saturated carbocycles. The smallest absolute Gasteiger partial charge is 0.228 e. The highest BCUT2D eigenvalue weighted by atomic mass is 32.1. The molecule has 6 heteroatoms. The summed E-state index contributed by atoms with van der Waals surface area (Å²) < 4.78 is 0. The van der Waals surface area contributed by atoms with Crippen molar-refractivity contribution in [3.63, 3.8) is 0 Å². The van der Waals surface area contributed by atoms with Crippen molar-refractivity contribution >= 4 is 28.6 Å². The molecule has 106 valence electrons. The van der Waals surface area contributed by atoms with Gasteiger partial charge >= 0.3 is 0 Å². The molecule has 1 fully saturated rings. The van der Waals surface area contributed by atoms with Gasteiger partial charge in [-0.1, -0.05) is 0 Å². The van der Waals surface area contributed by atoms with Gasteiger partial charge in [0.2, 0.25) is 5.91 Å². The Balaban J connectivity index is 1.67. The number of thiophene rings is 1. The molecule has 1 atom stereocenters. The van der Waals surface area contributed by atoms with Crippen molar-refractivity contribution < 1.29 is 9.90 Å². The third kappa shape index (κ3) is 2.77. The number of hydrogen-bond donors (Lipinski definition) is 1. The number of carbonyl (C=O) groups excluding carboxylic acids is 1. The Morgan fingerprint density at radius 3 is 3.15 bits per heavy atom. The fourth-order valence-corrected chi connectivity index (χ4v) is 4.05. The lowest BCUT2D eigenvalue weighted by Crippen LogP contribution is -2.38. The molecule has 0 aliphatic carbocycles. The molecule has 1 aliphatic heterocycles. The van der Waals surface area contributed by atoms with Gasteiger partial charge in [0.25, 0.3) is 0 Å². The van der Waals surface area contributed by atoms with Crippen LogP contribution >= 0.6 is 22.7 Å². The first-order valence-electron chi connectivity index (χ1n) is 6.65. The normalized spacial score (nSPS) is 18.6. The number of nitrogens with zero attached hydrogens (tertiary/aromatic N) is 2. The van der Waals surface area contributed by atoms with E-state index < -0.39 is 0 Å². The standard InChI is InChI=1S/C14H16N2O2S2/c17-7-12-2-1-4-16(12)13(18)6-11-9-20-14(15-11)10-3-5-19-8-10/h3,5,8-9,12,17H,1-2,4,6-7H2. The van der Waals surface area contributed by atoms with Gasteiger partial charge in [0.1, 0.15) is 5.01 Å². The number of aliphatic hydroxyl groups excluding tert-OH is 1. The van der Waals surface area contributed by atoms with E-state index >= 15 is 0 Å². The molecule has 4 nitrogen and oxygen atoms in total. The first-order chi connectivity index (χ1) is 9.78. The number of hydrogen-bond acceptors (Lipinski definition) is 5. The molecular formula is C14H16N2O2S2. The molecule has 1 saturated heterocycles. The molecule has 3 heterocycles. The van der Waals surface area contributed by atoms with Crippen LogP contribution in [0.3, 0.4) is 0 Å². The predicted molar refractivity (Wildman–Crippen MR) is 81.0 cm³/mol. The number of rotatable bonds is 4. The van der Waals surface area contributed by atoms with Crippen molar-refractivity contribution in [2.45, 2.75) is 25.3 Å². The van der Waals surface area contributed by atoms with E-state index in [1.165, 1.54) is 0 Å². The minimum atomic E-state index is -0.00233. The van der Waals surface area contributed by atoms with E-state index in [0.29, 0.717) is 6.42 Å². The number of aromatic nitrogens is 1. The van der Waals surface area contributed by atoms with Crippen LogP contribution in [-0.2, 0) is 11.2 Å². The van der Waals surface area contributed by atoms with Crippen LogP contribution in [0, 0.1) is 0 Å². The van der Waals surface area contributed by atoms with Gasteiger partial charge in [0.05, 0.1) is 24.8 Å². The van der Waals surface area contributed by atoms with Crippen LogP contribution in [0.25, 0.3) is 10.6 Å². The van der Waals surface area contributed by atoms with Gasteiger partial charge in [-0.2, -0.15) is 11.3 Å². The second-order valence-electron chi connectivity index (χ2n) is 4.90. The zero-order valence-electron chi connectivity index (χ0n) is 11.0. The average Bonchev–Trinajstić information content (AvgIpc) is 3.19. The lowest BCUT2D eigenvalue weighted by molar-refractivity contribution is -0.132. The van der Waals surface area contributed by atoms with Crippen LogP contribution in [-0.4, -0.2) is 40.1 Å². The summed E-state index contributed by atoms with van der Waals surface area (Å²) >= 11 is 3.22. The Morgan fingerprint density at radius 2 is 2.40 bits per heavy atom. The van der Waals surface area contributed by atoms with Crippen LogP contribution in [0.4, 0.5) is 0 Å². The quantitative estimate of drug-likeness (QED) is 0.943. The topological polar surface area (TPSA) is 53.4 Å².